The average Bonchev–Trinajstić information content (AvgIpc) is 3.23. The molecule has 0 unspecified atom stereocenters. The molecule has 0 fully saturated rings. The molecular weight excluding hydrogens is 394 g/mol. The number of benzene rings is 2. The van der Waals surface area contributed by atoms with Crippen LogP contribution in [0.25, 0.3) is 0 Å². The van der Waals surface area contributed by atoms with E-state index in [9.17, 15) is 4.79 Å². The lowest BCUT2D eigenvalue weighted by Gasteiger charge is -2.23. The van der Waals surface area contributed by atoms with Gasteiger partial charge in [0.2, 0.25) is 0 Å². The fourth-order valence-corrected chi connectivity index (χ4v) is 3.98. The van der Waals surface area contributed by atoms with Gasteiger partial charge in [0, 0.05) is 17.0 Å². The van der Waals surface area contributed by atoms with Gasteiger partial charge in [0.15, 0.2) is 11.5 Å². The van der Waals surface area contributed by atoms with Gasteiger partial charge in [-0.25, -0.2) is 0 Å². The van der Waals surface area contributed by atoms with Gasteiger partial charge in [0.1, 0.15) is 0 Å². The van der Waals surface area contributed by atoms with E-state index in [1.807, 2.05) is 40.6 Å². The fourth-order valence-electron chi connectivity index (χ4n) is 2.98. The summed E-state index contributed by atoms with van der Waals surface area (Å²) in [5.41, 5.74) is 1.67. The molecule has 4 nitrogen and oxygen atoms in total. The summed E-state index contributed by atoms with van der Waals surface area (Å²) in [6.45, 7) is 1.15. The molecule has 3 aromatic rings. The smallest absolute Gasteiger partial charge is 0.254 e. The molecule has 0 saturated heterocycles. The Balaban J connectivity index is 1.86. The summed E-state index contributed by atoms with van der Waals surface area (Å²) < 4.78 is 10.6. The van der Waals surface area contributed by atoms with Crippen molar-refractivity contribution in [2.45, 2.75) is 13.0 Å². The molecule has 0 aliphatic heterocycles. The van der Waals surface area contributed by atoms with Crippen molar-refractivity contribution in [1.82, 2.24) is 4.90 Å². The third kappa shape index (κ3) is 4.86. The molecule has 0 radical (unpaired) electrons. The van der Waals surface area contributed by atoms with Crippen LogP contribution in [0, 0.1) is 0 Å². The first-order valence-corrected chi connectivity index (χ1v) is 10.1. The molecule has 6 heteroatoms. The van der Waals surface area contributed by atoms with Gasteiger partial charge >= 0.3 is 0 Å². The van der Waals surface area contributed by atoms with E-state index >= 15 is 0 Å². The lowest BCUT2D eigenvalue weighted by molar-refractivity contribution is 0.0746. The van der Waals surface area contributed by atoms with Gasteiger partial charge in [-0.2, -0.15) is 0 Å². The maximum atomic E-state index is 13.3. The number of thiophene rings is 1. The Bertz CT molecular complexity index is 913. The summed E-state index contributed by atoms with van der Waals surface area (Å²) >= 11 is 7.94. The topological polar surface area (TPSA) is 38.8 Å². The molecule has 1 aromatic heterocycles. The maximum Gasteiger partial charge on any atom is 0.254 e. The Morgan fingerprint density at radius 3 is 2.50 bits per heavy atom. The number of methoxy groups -OCH3 is 2. The molecule has 0 N–H and O–H groups in total. The number of halogens is 1. The van der Waals surface area contributed by atoms with E-state index in [4.69, 9.17) is 21.1 Å². The Hall–Kier alpha value is -2.50. The lowest BCUT2D eigenvalue weighted by atomic mass is 10.1. The maximum absolute atomic E-state index is 13.3. The summed E-state index contributed by atoms with van der Waals surface area (Å²) in [7, 11) is 3.05. The zero-order chi connectivity index (χ0) is 19.9. The molecule has 0 bridgehead atoms. The Morgan fingerprint density at radius 1 is 1.07 bits per heavy atom. The molecule has 1 amide bonds. The van der Waals surface area contributed by atoms with Crippen molar-refractivity contribution < 1.29 is 14.3 Å². The summed E-state index contributed by atoms with van der Waals surface area (Å²) in [6.07, 6.45) is 0.777. The van der Waals surface area contributed by atoms with Gasteiger partial charge < -0.3 is 14.4 Å². The van der Waals surface area contributed by atoms with Gasteiger partial charge in [-0.15, -0.1) is 11.3 Å². The second kappa shape index (κ2) is 9.62. The highest BCUT2D eigenvalue weighted by Gasteiger charge is 2.20. The predicted molar refractivity (Wildman–Crippen MR) is 114 cm³/mol. The zero-order valence-electron chi connectivity index (χ0n) is 15.9. The second-order valence-corrected chi connectivity index (χ2v) is 7.67. The molecule has 1 heterocycles. The molecule has 0 saturated carbocycles. The van der Waals surface area contributed by atoms with Crippen molar-refractivity contribution in [3.05, 3.63) is 81.0 Å². The molecule has 0 aliphatic rings. The van der Waals surface area contributed by atoms with Crippen LogP contribution in [-0.2, 0) is 13.0 Å². The lowest BCUT2D eigenvalue weighted by Crippen LogP contribution is -2.32. The highest BCUT2D eigenvalue weighted by atomic mass is 35.5. The molecule has 28 heavy (non-hydrogen) atoms. The number of amides is 1. The number of carbonyl (C=O) groups excluding carboxylic acids is 1. The molecule has 0 aliphatic carbocycles. The van der Waals surface area contributed by atoms with Gasteiger partial charge in [-0.3, -0.25) is 4.79 Å². The van der Waals surface area contributed by atoms with E-state index in [-0.39, 0.29) is 5.91 Å². The molecule has 0 atom stereocenters. The first-order valence-electron chi connectivity index (χ1n) is 8.89. The summed E-state index contributed by atoms with van der Waals surface area (Å²) in [4.78, 5) is 16.3. The first-order chi connectivity index (χ1) is 13.6. The predicted octanol–water partition coefficient (Wildman–Crippen LogP) is 5.30. The Labute approximate surface area is 174 Å². The summed E-state index contributed by atoms with van der Waals surface area (Å²) in [5, 5.41) is 2.37. The van der Waals surface area contributed by atoms with E-state index in [0.29, 0.717) is 35.2 Å². The third-order valence-electron chi connectivity index (χ3n) is 4.41. The number of ether oxygens (including phenoxy) is 2. The van der Waals surface area contributed by atoms with Gasteiger partial charge in [0.05, 0.1) is 25.8 Å². The second-order valence-electron chi connectivity index (χ2n) is 6.24. The Kier molecular flexibility index (Phi) is 6.95. The van der Waals surface area contributed by atoms with Crippen LogP contribution >= 0.6 is 22.9 Å². The van der Waals surface area contributed by atoms with E-state index in [2.05, 4.69) is 12.1 Å². The van der Waals surface area contributed by atoms with Crippen molar-refractivity contribution in [3.8, 4) is 11.5 Å². The fraction of sp³-hybridized carbons (Fsp3) is 0.227. The minimum absolute atomic E-state index is 0.0906. The minimum atomic E-state index is -0.0906. The molecule has 3 rings (SSSR count). The standard InChI is InChI=1S/C22H22ClNO3S/c1-26-20-14-17(13-19(23)21(20)27-2)22(25)24(15-18-9-6-12-28-18)11-10-16-7-4-3-5-8-16/h3-9,12-14H,10-11,15H2,1-2H3. The van der Waals surface area contributed by atoms with Gasteiger partial charge in [-0.1, -0.05) is 48.0 Å². The van der Waals surface area contributed by atoms with Crippen LogP contribution in [0.5, 0.6) is 11.5 Å². The highest BCUT2D eigenvalue weighted by molar-refractivity contribution is 7.09. The van der Waals surface area contributed by atoms with Gasteiger partial charge in [-0.05, 0) is 35.6 Å². The van der Waals surface area contributed by atoms with Crippen LogP contribution in [0.15, 0.2) is 60.0 Å². The average molecular weight is 416 g/mol. The van der Waals surface area contributed by atoms with Gasteiger partial charge in [0.25, 0.3) is 5.91 Å². The minimum Gasteiger partial charge on any atom is -0.493 e. The first kappa shape index (κ1) is 20.2. The van der Waals surface area contributed by atoms with Crippen LogP contribution in [0.4, 0.5) is 0 Å². The van der Waals surface area contributed by atoms with Crippen molar-refractivity contribution >= 4 is 28.8 Å². The van der Waals surface area contributed by atoms with Crippen LogP contribution in [-0.4, -0.2) is 31.6 Å². The molecular formula is C22H22ClNO3S. The monoisotopic (exact) mass is 415 g/mol. The van der Waals surface area contributed by atoms with Crippen LogP contribution in [0.2, 0.25) is 5.02 Å². The number of hydrogen-bond acceptors (Lipinski definition) is 4. The number of hydrogen-bond donors (Lipinski definition) is 0. The van der Waals surface area contributed by atoms with Crippen molar-refractivity contribution in [3.63, 3.8) is 0 Å². The van der Waals surface area contributed by atoms with Crippen molar-refractivity contribution in [1.29, 1.82) is 0 Å². The number of carbonyl (C=O) groups is 1. The van der Waals surface area contributed by atoms with E-state index in [1.165, 1.54) is 19.8 Å². The Morgan fingerprint density at radius 2 is 1.86 bits per heavy atom. The molecule has 2 aromatic carbocycles. The normalized spacial score (nSPS) is 10.5. The van der Waals surface area contributed by atoms with Crippen LogP contribution in [0.1, 0.15) is 20.8 Å². The third-order valence-corrected chi connectivity index (χ3v) is 5.55. The van der Waals surface area contributed by atoms with Crippen LogP contribution in [0.3, 0.4) is 0 Å². The quantitative estimate of drug-likeness (QED) is 0.500. The highest BCUT2D eigenvalue weighted by Crippen LogP contribution is 2.36. The van der Waals surface area contributed by atoms with E-state index in [1.54, 1.807) is 23.5 Å². The largest absolute Gasteiger partial charge is 0.493 e. The van der Waals surface area contributed by atoms with Crippen LogP contribution < -0.4 is 9.47 Å². The molecule has 146 valence electrons. The SMILES string of the molecule is COc1cc(C(=O)N(CCc2ccccc2)Cc2cccs2)cc(Cl)c1OC. The summed E-state index contributed by atoms with van der Waals surface area (Å²) in [5.74, 6) is 0.777. The van der Waals surface area contributed by atoms with Crippen molar-refractivity contribution in [2.24, 2.45) is 0 Å². The van der Waals surface area contributed by atoms with Crippen molar-refractivity contribution in [2.75, 3.05) is 20.8 Å². The van der Waals surface area contributed by atoms with E-state index < -0.39 is 0 Å². The van der Waals surface area contributed by atoms with E-state index in [0.717, 1.165) is 11.3 Å². The zero-order valence-corrected chi connectivity index (χ0v) is 17.4. The number of nitrogens with zero attached hydrogens (tertiary/aromatic N) is 1. The molecule has 0 spiro atoms. The summed E-state index contributed by atoms with van der Waals surface area (Å²) in [6, 6.07) is 17.5. The number of rotatable bonds is 8.